The summed E-state index contributed by atoms with van der Waals surface area (Å²) in [6.07, 6.45) is 0. The number of anilines is 1. The zero-order chi connectivity index (χ0) is 10.8. The molecule has 0 amide bonds. The molecule has 3 nitrogen and oxygen atoms in total. The number of halogens is 1. The van der Waals surface area contributed by atoms with E-state index in [0.717, 1.165) is 26.8 Å². The molecule has 1 aromatic heterocycles. The summed E-state index contributed by atoms with van der Waals surface area (Å²) in [5.41, 5.74) is 8.50. The molecule has 0 aliphatic heterocycles. The number of nitrogens with zero attached hydrogens (tertiary/aromatic N) is 1. The molecule has 4 heteroatoms. The summed E-state index contributed by atoms with van der Waals surface area (Å²) >= 11 is 3.49. The molecule has 2 aromatic rings. The van der Waals surface area contributed by atoms with Gasteiger partial charge >= 0.3 is 0 Å². The summed E-state index contributed by atoms with van der Waals surface area (Å²) in [6, 6.07) is 8.00. The second-order valence-electron chi connectivity index (χ2n) is 3.25. The number of rotatable bonds is 2. The molecule has 0 saturated heterocycles. The number of benzene rings is 1. The lowest BCUT2D eigenvalue weighted by Gasteiger charge is -2.09. The highest BCUT2D eigenvalue weighted by molar-refractivity contribution is 9.10. The van der Waals surface area contributed by atoms with E-state index in [1.54, 1.807) is 0 Å². The quantitative estimate of drug-likeness (QED) is 0.878. The third-order valence-corrected chi connectivity index (χ3v) is 2.96. The fourth-order valence-electron chi connectivity index (χ4n) is 1.58. The molecule has 0 radical (unpaired) electrons. The van der Waals surface area contributed by atoms with Gasteiger partial charge in [-0.1, -0.05) is 12.1 Å². The van der Waals surface area contributed by atoms with Gasteiger partial charge in [0.2, 0.25) is 0 Å². The van der Waals surface area contributed by atoms with Gasteiger partial charge in [0.1, 0.15) is 0 Å². The lowest BCUT2D eigenvalue weighted by molar-refractivity contribution is 1.01. The van der Waals surface area contributed by atoms with Crippen molar-refractivity contribution in [2.24, 2.45) is 5.73 Å². The Morgan fingerprint density at radius 1 is 1.47 bits per heavy atom. The first kappa shape index (κ1) is 10.4. The summed E-state index contributed by atoms with van der Waals surface area (Å²) in [5, 5.41) is 4.26. The van der Waals surface area contributed by atoms with Crippen molar-refractivity contribution < 1.29 is 0 Å². The summed E-state index contributed by atoms with van der Waals surface area (Å²) in [7, 11) is 1.90. The van der Waals surface area contributed by atoms with E-state index in [-0.39, 0.29) is 0 Å². The standard InChI is InChI=1S/C11H12BrN3/c1-14-10-5-7(6-13)15-11-8(10)3-2-4-9(11)12/h2-5H,6,13H2,1H3,(H,14,15). The predicted molar refractivity (Wildman–Crippen MR) is 66.9 cm³/mol. The van der Waals surface area contributed by atoms with Crippen LogP contribution in [-0.4, -0.2) is 12.0 Å². The first-order chi connectivity index (χ1) is 7.26. The number of pyridine rings is 1. The number of nitrogens with one attached hydrogen (secondary N) is 1. The smallest absolute Gasteiger partial charge is 0.0868 e. The van der Waals surface area contributed by atoms with Crippen molar-refractivity contribution in [3.8, 4) is 0 Å². The summed E-state index contributed by atoms with van der Waals surface area (Å²) in [6.45, 7) is 0.450. The monoisotopic (exact) mass is 265 g/mol. The Morgan fingerprint density at radius 2 is 2.27 bits per heavy atom. The average molecular weight is 266 g/mol. The van der Waals surface area contributed by atoms with Gasteiger partial charge in [-0.15, -0.1) is 0 Å². The molecule has 1 aromatic carbocycles. The lowest BCUT2D eigenvalue weighted by Crippen LogP contribution is -2.02. The number of hydrogen-bond acceptors (Lipinski definition) is 3. The Bertz CT molecular complexity index is 496. The Kier molecular flexibility index (Phi) is 2.88. The van der Waals surface area contributed by atoms with E-state index in [1.165, 1.54) is 0 Å². The van der Waals surface area contributed by atoms with Crippen molar-refractivity contribution in [2.45, 2.75) is 6.54 Å². The Morgan fingerprint density at radius 3 is 2.93 bits per heavy atom. The van der Waals surface area contributed by atoms with Crippen LogP contribution in [-0.2, 0) is 6.54 Å². The molecule has 0 spiro atoms. The van der Waals surface area contributed by atoms with Gasteiger partial charge in [0.05, 0.1) is 11.2 Å². The largest absolute Gasteiger partial charge is 0.388 e. The molecule has 0 bridgehead atoms. The third-order valence-electron chi connectivity index (χ3n) is 2.32. The fourth-order valence-corrected chi connectivity index (χ4v) is 2.03. The van der Waals surface area contributed by atoms with Crippen molar-refractivity contribution in [3.05, 3.63) is 34.4 Å². The van der Waals surface area contributed by atoms with Crippen LogP contribution in [0.3, 0.4) is 0 Å². The highest BCUT2D eigenvalue weighted by Crippen LogP contribution is 2.28. The number of hydrogen-bond donors (Lipinski definition) is 2. The third kappa shape index (κ3) is 1.82. The number of fused-ring (bicyclic) bond motifs is 1. The van der Waals surface area contributed by atoms with Gasteiger partial charge in [-0.25, -0.2) is 0 Å². The summed E-state index contributed by atoms with van der Waals surface area (Å²) in [4.78, 5) is 4.49. The minimum Gasteiger partial charge on any atom is -0.388 e. The van der Waals surface area contributed by atoms with Crippen LogP contribution in [0.4, 0.5) is 5.69 Å². The highest BCUT2D eigenvalue weighted by Gasteiger charge is 2.06. The minimum atomic E-state index is 0.450. The van der Waals surface area contributed by atoms with Crippen molar-refractivity contribution in [1.29, 1.82) is 0 Å². The molecule has 0 aliphatic rings. The van der Waals surface area contributed by atoms with Gasteiger partial charge in [-0.2, -0.15) is 0 Å². The van der Waals surface area contributed by atoms with Crippen LogP contribution in [0.5, 0.6) is 0 Å². The molecule has 0 saturated carbocycles. The van der Waals surface area contributed by atoms with Crippen molar-refractivity contribution >= 4 is 32.5 Å². The second kappa shape index (κ2) is 4.16. The number of para-hydroxylation sites is 1. The first-order valence-electron chi connectivity index (χ1n) is 4.72. The van der Waals surface area contributed by atoms with Crippen LogP contribution < -0.4 is 11.1 Å². The van der Waals surface area contributed by atoms with Crippen LogP contribution in [0.25, 0.3) is 10.9 Å². The molecule has 2 rings (SSSR count). The molecular weight excluding hydrogens is 254 g/mol. The molecule has 0 aliphatic carbocycles. The van der Waals surface area contributed by atoms with Crippen molar-refractivity contribution in [1.82, 2.24) is 4.98 Å². The van der Waals surface area contributed by atoms with E-state index in [9.17, 15) is 0 Å². The Labute approximate surface area is 96.8 Å². The van der Waals surface area contributed by atoms with Crippen molar-refractivity contribution in [2.75, 3.05) is 12.4 Å². The Hall–Kier alpha value is -1.13. The second-order valence-corrected chi connectivity index (χ2v) is 4.11. The lowest BCUT2D eigenvalue weighted by atomic mass is 10.1. The topological polar surface area (TPSA) is 50.9 Å². The number of nitrogens with two attached hydrogens (primary N) is 1. The van der Waals surface area contributed by atoms with E-state index in [2.05, 4.69) is 26.2 Å². The van der Waals surface area contributed by atoms with Crippen LogP contribution in [0.2, 0.25) is 0 Å². The molecule has 0 unspecified atom stereocenters. The van der Waals surface area contributed by atoms with Gasteiger partial charge in [0.15, 0.2) is 0 Å². The van der Waals surface area contributed by atoms with Gasteiger partial charge in [0, 0.05) is 29.1 Å². The van der Waals surface area contributed by atoms with E-state index < -0.39 is 0 Å². The SMILES string of the molecule is CNc1cc(CN)nc2c(Br)cccc12. The van der Waals surface area contributed by atoms with Crippen LogP contribution in [0.1, 0.15) is 5.69 Å². The Balaban J connectivity index is 2.80. The normalized spacial score (nSPS) is 10.6. The van der Waals surface area contributed by atoms with Crippen LogP contribution in [0, 0.1) is 0 Å². The minimum absolute atomic E-state index is 0.450. The first-order valence-corrected chi connectivity index (χ1v) is 5.51. The zero-order valence-electron chi connectivity index (χ0n) is 8.42. The maximum Gasteiger partial charge on any atom is 0.0868 e. The van der Waals surface area contributed by atoms with Gasteiger partial charge < -0.3 is 11.1 Å². The number of aromatic nitrogens is 1. The van der Waals surface area contributed by atoms with Crippen molar-refractivity contribution in [3.63, 3.8) is 0 Å². The summed E-state index contributed by atoms with van der Waals surface area (Å²) < 4.78 is 0.992. The van der Waals surface area contributed by atoms with E-state index in [1.807, 2.05) is 31.3 Å². The molecule has 0 fully saturated rings. The fraction of sp³-hybridized carbons (Fsp3) is 0.182. The maximum atomic E-state index is 5.61. The van der Waals surface area contributed by atoms with Gasteiger partial charge in [0.25, 0.3) is 0 Å². The molecule has 78 valence electrons. The van der Waals surface area contributed by atoms with Crippen LogP contribution >= 0.6 is 15.9 Å². The van der Waals surface area contributed by atoms with Crippen LogP contribution in [0.15, 0.2) is 28.7 Å². The van der Waals surface area contributed by atoms with E-state index >= 15 is 0 Å². The molecule has 1 heterocycles. The zero-order valence-corrected chi connectivity index (χ0v) is 10.0. The van der Waals surface area contributed by atoms with E-state index in [0.29, 0.717) is 6.54 Å². The molecule has 3 N–H and O–H groups in total. The average Bonchev–Trinajstić information content (AvgIpc) is 2.28. The highest BCUT2D eigenvalue weighted by atomic mass is 79.9. The predicted octanol–water partition coefficient (Wildman–Crippen LogP) is 2.50. The van der Waals surface area contributed by atoms with E-state index in [4.69, 9.17) is 5.73 Å². The molecule has 15 heavy (non-hydrogen) atoms. The van der Waals surface area contributed by atoms with Gasteiger partial charge in [-0.05, 0) is 28.1 Å². The van der Waals surface area contributed by atoms with Gasteiger partial charge in [-0.3, -0.25) is 4.98 Å². The molecule has 0 atom stereocenters. The molecular formula is C11H12BrN3. The maximum absolute atomic E-state index is 5.61. The summed E-state index contributed by atoms with van der Waals surface area (Å²) in [5.74, 6) is 0.